The quantitative estimate of drug-likeness (QED) is 0.839. The first kappa shape index (κ1) is 15.3. The first-order valence-electron chi connectivity index (χ1n) is 7.53. The summed E-state index contributed by atoms with van der Waals surface area (Å²) in [7, 11) is 0. The topological polar surface area (TPSA) is 23.6 Å². The Morgan fingerprint density at radius 1 is 0.909 bits per heavy atom. The minimum absolute atomic E-state index is 0.142. The van der Waals surface area contributed by atoms with Crippen LogP contribution in [0.4, 0.5) is 0 Å². The van der Waals surface area contributed by atoms with Crippen LogP contribution in [0.1, 0.15) is 15.9 Å². The van der Waals surface area contributed by atoms with E-state index < -0.39 is 0 Å². The first-order chi connectivity index (χ1) is 10.7. The number of carbonyl (C=O) groups is 1. The fourth-order valence-electron chi connectivity index (χ4n) is 2.72. The zero-order chi connectivity index (χ0) is 15.4. The van der Waals surface area contributed by atoms with Gasteiger partial charge >= 0.3 is 0 Å². The van der Waals surface area contributed by atoms with E-state index in [-0.39, 0.29) is 5.91 Å². The van der Waals surface area contributed by atoms with Gasteiger partial charge in [-0.1, -0.05) is 46.3 Å². The minimum Gasteiger partial charge on any atom is -0.336 e. The molecule has 1 amide bonds. The summed E-state index contributed by atoms with van der Waals surface area (Å²) in [5.74, 6) is 0.142. The van der Waals surface area contributed by atoms with E-state index in [2.05, 4.69) is 45.1 Å². The maximum Gasteiger partial charge on any atom is 0.253 e. The van der Waals surface area contributed by atoms with Crippen LogP contribution >= 0.6 is 15.9 Å². The van der Waals surface area contributed by atoms with Crippen molar-refractivity contribution in [1.29, 1.82) is 0 Å². The molecule has 3 rings (SSSR count). The van der Waals surface area contributed by atoms with Crippen molar-refractivity contribution >= 4 is 21.8 Å². The van der Waals surface area contributed by atoms with E-state index in [9.17, 15) is 4.79 Å². The lowest BCUT2D eigenvalue weighted by molar-refractivity contribution is 0.0628. The van der Waals surface area contributed by atoms with Crippen LogP contribution in [0.3, 0.4) is 0 Å². The van der Waals surface area contributed by atoms with E-state index in [0.717, 1.165) is 42.8 Å². The SMILES string of the molecule is O=C(c1ccccc1)N1CCN(Cc2ccc(Br)cc2)CC1. The summed E-state index contributed by atoms with van der Waals surface area (Å²) < 4.78 is 1.11. The smallest absolute Gasteiger partial charge is 0.253 e. The molecule has 1 aliphatic rings. The Morgan fingerprint density at radius 3 is 2.18 bits per heavy atom. The van der Waals surface area contributed by atoms with Crippen LogP contribution in [-0.4, -0.2) is 41.9 Å². The third-order valence-electron chi connectivity index (χ3n) is 4.00. The van der Waals surface area contributed by atoms with Gasteiger partial charge in [0.1, 0.15) is 0 Å². The Balaban J connectivity index is 1.54. The van der Waals surface area contributed by atoms with E-state index in [0.29, 0.717) is 0 Å². The van der Waals surface area contributed by atoms with Crippen LogP contribution < -0.4 is 0 Å². The Morgan fingerprint density at radius 2 is 1.55 bits per heavy atom. The van der Waals surface area contributed by atoms with Crippen molar-refractivity contribution in [1.82, 2.24) is 9.80 Å². The van der Waals surface area contributed by atoms with E-state index in [1.807, 2.05) is 35.2 Å². The van der Waals surface area contributed by atoms with Crippen LogP contribution in [-0.2, 0) is 6.54 Å². The molecule has 2 aromatic rings. The standard InChI is InChI=1S/C18H19BrN2O/c19-17-8-6-15(7-9-17)14-20-10-12-21(13-11-20)18(22)16-4-2-1-3-5-16/h1-9H,10-14H2. The normalized spacial score (nSPS) is 15.8. The number of benzene rings is 2. The molecule has 1 fully saturated rings. The Kier molecular flexibility index (Phi) is 4.90. The summed E-state index contributed by atoms with van der Waals surface area (Å²) >= 11 is 3.46. The van der Waals surface area contributed by atoms with Gasteiger partial charge in [0, 0.05) is 42.8 Å². The largest absolute Gasteiger partial charge is 0.336 e. The summed E-state index contributed by atoms with van der Waals surface area (Å²) in [6.07, 6.45) is 0. The molecule has 0 atom stereocenters. The fourth-order valence-corrected chi connectivity index (χ4v) is 2.98. The molecule has 3 nitrogen and oxygen atoms in total. The fraction of sp³-hybridized carbons (Fsp3) is 0.278. The molecule has 22 heavy (non-hydrogen) atoms. The van der Waals surface area contributed by atoms with Crippen molar-refractivity contribution in [3.63, 3.8) is 0 Å². The molecule has 0 bridgehead atoms. The highest BCUT2D eigenvalue weighted by Crippen LogP contribution is 2.14. The van der Waals surface area contributed by atoms with E-state index in [1.165, 1.54) is 5.56 Å². The molecule has 114 valence electrons. The second-order valence-electron chi connectivity index (χ2n) is 5.56. The molecule has 0 spiro atoms. The predicted molar refractivity (Wildman–Crippen MR) is 91.8 cm³/mol. The van der Waals surface area contributed by atoms with Crippen LogP contribution in [0.15, 0.2) is 59.1 Å². The van der Waals surface area contributed by atoms with Crippen molar-refractivity contribution in [3.05, 3.63) is 70.2 Å². The lowest BCUT2D eigenvalue weighted by Gasteiger charge is -2.34. The number of hydrogen-bond acceptors (Lipinski definition) is 2. The molecule has 0 N–H and O–H groups in total. The number of amides is 1. The molecule has 4 heteroatoms. The summed E-state index contributed by atoms with van der Waals surface area (Å²) in [6, 6.07) is 18.0. The third kappa shape index (κ3) is 3.76. The van der Waals surface area contributed by atoms with E-state index in [4.69, 9.17) is 0 Å². The molecule has 1 aliphatic heterocycles. The highest BCUT2D eigenvalue weighted by Gasteiger charge is 2.21. The molecule has 0 aromatic heterocycles. The highest BCUT2D eigenvalue weighted by molar-refractivity contribution is 9.10. The second kappa shape index (κ2) is 7.07. The van der Waals surface area contributed by atoms with E-state index >= 15 is 0 Å². The molecule has 2 aromatic carbocycles. The van der Waals surface area contributed by atoms with Crippen molar-refractivity contribution in [2.24, 2.45) is 0 Å². The van der Waals surface area contributed by atoms with Gasteiger partial charge in [0.15, 0.2) is 0 Å². The molecular weight excluding hydrogens is 340 g/mol. The molecule has 1 saturated heterocycles. The molecule has 0 saturated carbocycles. The third-order valence-corrected chi connectivity index (χ3v) is 4.53. The second-order valence-corrected chi connectivity index (χ2v) is 6.48. The van der Waals surface area contributed by atoms with Crippen molar-refractivity contribution in [2.45, 2.75) is 6.54 Å². The zero-order valence-electron chi connectivity index (χ0n) is 12.4. The zero-order valence-corrected chi connectivity index (χ0v) is 14.0. The molecular formula is C18H19BrN2O. The average molecular weight is 359 g/mol. The number of nitrogens with zero attached hydrogens (tertiary/aromatic N) is 2. The number of rotatable bonds is 3. The van der Waals surface area contributed by atoms with Crippen molar-refractivity contribution in [3.8, 4) is 0 Å². The van der Waals surface area contributed by atoms with Crippen LogP contribution in [0.25, 0.3) is 0 Å². The van der Waals surface area contributed by atoms with Crippen molar-refractivity contribution in [2.75, 3.05) is 26.2 Å². The van der Waals surface area contributed by atoms with Gasteiger partial charge in [-0.3, -0.25) is 9.69 Å². The average Bonchev–Trinajstić information content (AvgIpc) is 2.58. The van der Waals surface area contributed by atoms with Gasteiger partial charge in [0.2, 0.25) is 0 Å². The van der Waals surface area contributed by atoms with Gasteiger partial charge in [0.25, 0.3) is 5.91 Å². The minimum atomic E-state index is 0.142. The number of halogens is 1. The summed E-state index contributed by atoms with van der Waals surface area (Å²) in [5, 5.41) is 0. The number of hydrogen-bond donors (Lipinski definition) is 0. The molecule has 0 aliphatic carbocycles. The Labute approximate surface area is 139 Å². The number of carbonyl (C=O) groups excluding carboxylic acids is 1. The molecule has 1 heterocycles. The van der Waals surface area contributed by atoms with Crippen LogP contribution in [0, 0.1) is 0 Å². The van der Waals surface area contributed by atoms with Crippen LogP contribution in [0.5, 0.6) is 0 Å². The maximum absolute atomic E-state index is 12.4. The van der Waals surface area contributed by atoms with E-state index in [1.54, 1.807) is 0 Å². The number of piperazine rings is 1. The molecule has 0 unspecified atom stereocenters. The maximum atomic E-state index is 12.4. The highest BCUT2D eigenvalue weighted by atomic mass is 79.9. The summed E-state index contributed by atoms with van der Waals surface area (Å²) in [5.41, 5.74) is 2.09. The van der Waals surface area contributed by atoms with Gasteiger partial charge in [-0.2, -0.15) is 0 Å². The lowest BCUT2D eigenvalue weighted by Crippen LogP contribution is -2.48. The Bertz CT molecular complexity index is 619. The summed E-state index contributed by atoms with van der Waals surface area (Å²) in [4.78, 5) is 16.8. The summed E-state index contributed by atoms with van der Waals surface area (Å²) in [6.45, 7) is 4.39. The van der Waals surface area contributed by atoms with Gasteiger partial charge in [0.05, 0.1) is 0 Å². The van der Waals surface area contributed by atoms with Gasteiger partial charge in [-0.05, 0) is 29.8 Å². The van der Waals surface area contributed by atoms with Gasteiger partial charge in [-0.15, -0.1) is 0 Å². The first-order valence-corrected chi connectivity index (χ1v) is 8.33. The monoisotopic (exact) mass is 358 g/mol. The van der Waals surface area contributed by atoms with Gasteiger partial charge in [-0.25, -0.2) is 0 Å². The Hall–Kier alpha value is -1.65. The molecule has 0 radical (unpaired) electrons. The van der Waals surface area contributed by atoms with Gasteiger partial charge < -0.3 is 4.90 Å². The predicted octanol–water partition coefficient (Wildman–Crippen LogP) is 3.41. The van der Waals surface area contributed by atoms with Crippen LogP contribution in [0.2, 0.25) is 0 Å². The lowest BCUT2D eigenvalue weighted by atomic mass is 10.1. The van der Waals surface area contributed by atoms with Crippen molar-refractivity contribution < 1.29 is 4.79 Å².